The van der Waals surface area contributed by atoms with Crippen LogP contribution in [-0.2, 0) is 16.0 Å². The predicted octanol–water partition coefficient (Wildman–Crippen LogP) is 3.94. The molecule has 5 rings (SSSR count). The summed E-state index contributed by atoms with van der Waals surface area (Å²) in [4.78, 5) is 50.0. The van der Waals surface area contributed by atoms with Gasteiger partial charge < -0.3 is 26.4 Å². The summed E-state index contributed by atoms with van der Waals surface area (Å²) >= 11 is 0. The minimum atomic E-state index is -1.05. The zero-order valence-electron chi connectivity index (χ0n) is 26.2. The lowest BCUT2D eigenvalue weighted by molar-refractivity contribution is -0.130. The van der Waals surface area contributed by atoms with Crippen LogP contribution in [0.5, 0.6) is 0 Å². The molecule has 0 aliphatic heterocycles. The summed E-state index contributed by atoms with van der Waals surface area (Å²) in [6.45, 7) is 2.32. The Morgan fingerprint density at radius 3 is 2.26 bits per heavy atom. The van der Waals surface area contributed by atoms with Crippen LogP contribution in [0.1, 0.15) is 47.2 Å². The molecule has 1 atom stereocenters. The number of aryl methyl sites for hydroxylation is 1. The summed E-state index contributed by atoms with van der Waals surface area (Å²) in [5, 5.41) is 33.8. The number of carbonyl (C=O) groups excluding carboxylic acids is 3. The van der Waals surface area contributed by atoms with Crippen molar-refractivity contribution in [2.24, 2.45) is 11.8 Å². The molecular weight excluding hydrogens is 600 g/mol. The topological polar surface area (TPSA) is 191 Å². The van der Waals surface area contributed by atoms with E-state index in [9.17, 15) is 19.2 Å². The number of carbonyl (C=O) groups is 4. The third kappa shape index (κ3) is 8.57. The molecule has 1 aromatic heterocycles. The maximum Gasteiger partial charge on any atom is 0.404 e. The van der Waals surface area contributed by atoms with Crippen LogP contribution in [0, 0.1) is 18.8 Å². The fourth-order valence-corrected chi connectivity index (χ4v) is 5.90. The molecule has 1 heterocycles. The van der Waals surface area contributed by atoms with Crippen molar-refractivity contribution in [1.82, 2.24) is 36.6 Å². The average molecular weight is 639 g/mol. The van der Waals surface area contributed by atoms with Crippen LogP contribution in [0.25, 0.3) is 22.5 Å². The van der Waals surface area contributed by atoms with Crippen molar-refractivity contribution in [3.8, 4) is 22.5 Å². The predicted molar refractivity (Wildman–Crippen MR) is 175 cm³/mol. The molecule has 1 saturated carbocycles. The van der Waals surface area contributed by atoms with Crippen molar-refractivity contribution in [1.29, 1.82) is 0 Å². The van der Waals surface area contributed by atoms with Crippen LogP contribution in [0.2, 0.25) is 0 Å². The molecule has 13 heteroatoms. The van der Waals surface area contributed by atoms with Gasteiger partial charge in [0.25, 0.3) is 5.91 Å². The molecule has 244 valence electrons. The normalized spacial score (nSPS) is 16.5. The van der Waals surface area contributed by atoms with E-state index in [1.807, 2.05) is 43.3 Å². The lowest BCUT2D eigenvalue weighted by Gasteiger charge is -2.29. The Labute approximate surface area is 271 Å². The molecule has 1 aliphatic rings. The second-order valence-corrected chi connectivity index (χ2v) is 11.8. The number of aromatic amines is 1. The summed E-state index contributed by atoms with van der Waals surface area (Å²) in [7, 11) is 1.60. The number of amides is 4. The monoisotopic (exact) mass is 638 g/mol. The molecule has 0 saturated heterocycles. The molecule has 0 radical (unpaired) electrons. The second kappa shape index (κ2) is 15.1. The van der Waals surface area contributed by atoms with Crippen molar-refractivity contribution in [3.63, 3.8) is 0 Å². The van der Waals surface area contributed by atoms with Crippen LogP contribution < -0.4 is 21.3 Å². The number of nitrogens with one attached hydrogen (secondary N) is 5. The number of anilines is 1. The van der Waals surface area contributed by atoms with Gasteiger partial charge in [0.05, 0.1) is 0 Å². The van der Waals surface area contributed by atoms with Gasteiger partial charge in [0.15, 0.2) is 0 Å². The van der Waals surface area contributed by atoms with Gasteiger partial charge in [-0.25, -0.2) is 4.79 Å². The highest BCUT2D eigenvalue weighted by molar-refractivity contribution is 5.98. The third-order valence-corrected chi connectivity index (χ3v) is 8.57. The SMILES string of the molecule is CNC(=O)c1ccc(-c2ccc(C[C@H](NC(=O)C3CCC(CNC(=O)O)CC3)C(=O)Nc3ccc(-c4nn[nH]n4)cc3)cc2)c(C)c1. The van der Waals surface area contributed by atoms with Crippen molar-refractivity contribution in [2.75, 3.05) is 18.9 Å². The maximum atomic E-state index is 13.6. The van der Waals surface area contributed by atoms with Gasteiger partial charge in [-0.1, -0.05) is 30.3 Å². The fourth-order valence-electron chi connectivity index (χ4n) is 5.90. The molecule has 4 aromatic rings. The fraction of sp³-hybridized carbons (Fsp3) is 0.324. The average Bonchev–Trinajstić information content (AvgIpc) is 3.63. The minimum Gasteiger partial charge on any atom is -0.465 e. The number of hydrogen-bond acceptors (Lipinski definition) is 7. The molecule has 1 fully saturated rings. The quantitative estimate of drug-likeness (QED) is 0.142. The van der Waals surface area contributed by atoms with Crippen LogP contribution in [-0.4, -0.2) is 69.2 Å². The van der Waals surface area contributed by atoms with Gasteiger partial charge in [0, 0.05) is 42.7 Å². The van der Waals surface area contributed by atoms with Crippen LogP contribution in [0.3, 0.4) is 0 Å². The first-order valence-corrected chi connectivity index (χ1v) is 15.5. The third-order valence-electron chi connectivity index (χ3n) is 8.57. The molecule has 1 aliphatic carbocycles. The Hall–Kier alpha value is -5.59. The number of benzene rings is 3. The summed E-state index contributed by atoms with van der Waals surface area (Å²) < 4.78 is 0. The minimum absolute atomic E-state index is 0.146. The Morgan fingerprint density at radius 2 is 1.64 bits per heavy atom. The lowest BCUT2D eigenvalue weighted by Crippen LogP contribution is -2.48. The van der Waals surface area contributed by atoms with Crippen molar-refractivity contribution < 1.29 is 24.3 Å². The molecule has 0 unspecified atom stereocenters. The first-order chi connectivity index (χ1) is 22.7. The van der Waals surface area contributed by atoms with E-state index in [0.29, 0.717) is 36.5 Å². The van der Waals surface area contributed by atoms with E-state index in [1.54, 1.807) is 37.4 Å². The van der Waals surface area contributed by atoms with E-state index in [2.05, 4.69) is 41.9 Å². The summed E-state index contributed by atoms with van der Waals surface area (Å²) in [6.07, 6.45) is 1.92. The first-order valence-electron chi connectivity index (χ1n) is 15.5. The number of carboxylic acid groups (broad SMARTS) is 1. The van der Waals surface area contributed by atoms with Crippen LogP contribution >= 0.6 is 0 Å². The maximum absolute atomic E-state index is 13.6. The lowest BCUT2D eigenvalue weighted by atomic mass is 9.81. The molecule has 3 aromatic carbocycles. The number of aromatic nitrogens is 4. The molecule has 13 nitrogen and oxygen atoms in total. The Balaban J connectivity index is 1.29. The zero-order chi connectivity index (χ0) is 33.3. The molecule has 4 amide bonds. The van der Waals surface area contributed by atoms with Gasteiger partial charge in [-0.15, -0.1) is 10.2 Å². The van der Waals surface area contributed by atoms with Crippen LogP contribution in [0.15, 0.2) is 66.7 Å². The van der Waals surface area contributed by atoms with Gasteiger partial charge in [-0.05, 0) is 102 Å². The second-order valence-electron chi connectivity index (χ2n) is 11.8. The number of H-pyrrole nitrogens is 1. The van der Waals surface area contributed by atoms with Crippen molar-refractivity contribution in [2.45, 2.75) is 45.1 Å². The molecule has 0 bridgehead atoms. The highest BCUT2D eigenvalue weighted by Crippen LogP contribution is 2.29. The van der Waals surface area contributed by atoms with Crippen molar-refractivity contribution in [3.05, 3.63) is 83.4 Å². The van der Waals surface area contributed by atoms with Gasteiger partial charge in [0.2, 0.25) is 17.6 Å². The standard InChI is InChI=1S/C34H38N8O5/c1-20-17-26(31(43)35-2)13-16-28(20)23-7-3-21(4-8-23)18-29(38-32(44)25-9-5-22(6-10-25)19-36-34(46)47)33(45)37-27-14-11-24(12-15-27)30-39-41-42-40-30/h3-4,7-8,11-17,22,25,29,36H,5-6,9-10,18-19H2,1-2H3,(H,35,43)(H,37,45)(H,38,44)(H,46,47)(H,39,40,41,42)/t22?,25?,29-/m0/s1. The summed E-state index contributed by atoms with van der Waals surface area (Å²) in [6, 6.07) is 19.5. The largest absolute Gasteiger partial charge is 0.465 e. The highest BCUT2D eigenvalue weighted by atomic mass is 16.4. The smallest absolute Gasteiger partial charge is 0.404 e. The Morgan fingerprint density at radius 1 is 0.936 bits per heavy atom. The molecule has 0 spiro atoms. The van der Waals surface area contributed by atoms with E-state index in [4.69, 9.17) is 5.11 Å². The first kappa shape index (κ1) is 32.8. The van der Waals surface area contributed by atoms with Gasteiger partial charge in [-0.3, -0.25) is 14.4 Å². The highest BCUT2D eigenvalue weighted by Gasteiger charge is 2.30. The molecule has 6 N–H and O–H groups in total. The Bertz CT molecular complexity index is 1700. The van der Waals surface area contributed by atoms with E-state index < -0.39 is 12.1 Å². The number of nitrogens with zero attached hydrogens (tertiary/aromatic N) is 3. The Kier molecular flexibility index (Phi) is 10.6. The van der Waals surface area contributed by atoms with E-state index >= 15 is 0 Å². The summed E-state index contributed by atoms with van der Waals surface area (Å²) in [5.74, 6) is -0.328. The van der Waals surface area contributed by atoms with Crippen LogP contribution in [0.4, 0.5) is 10.5 Å². The van der Waals surface area contributed by atoms with Gasteiger partial charge >= 0.3 is 6.09 Å². The summed E-state index contributed by atoms with van der Waals surface area (Å²) in [5.41, 5.74) is 5.66. The van der Waals surface area contributed by atoms with E-state index in [0.717, 1.165) is 40.7 Å². The van der Waals surface area contributed by atoms with Gasteiger partial charge in [0.1, 0.15) is 6.04 Å². The number of tetrazole rings is 1. The van der Waals surface area contributed by atoms with E-state index in [-0.39, 0.29) is 36.0 Å². The molecular formula is C34H38N8O5. The van der Waals surface area contributed by atoms with E-state index in [1.165, 1.54) is 0 Å². The number of rotatable bonds is 11. The van der Waals surface area contributed by atoms with Crippen molar-refractivity contribution >= 4 is 29.5 Å². The van der Waals surface area contributed by atoms with Gasteiger partial charge in [-0.2, -0.15) is 5.21 Å². The molecule has 47 heavy (non-hydrogen) atoms. The zero-order valence-corrected chi connectivity index (χ0v) is 26.2. The number of hydrogen-bond donors (Lipinski definition) is 6.